The molecule has 6 rings (SSSR count). The molecule has 1 aromatic heterocycles. The number of ether oxygens (including phenoxy) is 1. The van der Waals surface area contributed by atoms with Crippen LogP contribution < -0.4 is 10.4 Å². The first-order valence-electron chi connectivity index (χ1n) is 11.9. The molecule has 0 bridgehead atoms. The van der Waals surface area contributed by atoms with Crippen LogP contribution in [0.15, 0.2) is 98.9 Å². The van der Waals surface area contributed by atoms with Crippen LogP contribution in [0.4, 0.5) is 0 Å². The Bertz CT molecular complexity index is 1520. The molecule has 0 fully saturated rings. The number of rotatable bonds is 2. The zero-order valence-corrected chi connectivity index (χ0v) is 19.4. The van der Waals surface area contributed by atoms with Gasteiger partial charge >= 0.3 is 5.63 Å². The van der Waals surface area contributed by atoms with E-state index in [0.717, 1.165) is 41.5 Å². The second-order valence-corrected chi connectivity index (χ2v) is 9.36. The molecule has 0 saturated heterocycles. The first kappa shape index (κ1) is 20.7. The number of benzene rings is 3. The highest BCUT2D eigenvalue weighted by Crippen LogP contribution is 2.50. The number of aryl methyl sites for hydroxylation is 2. The molecule has 0 radical (unpaired) electrons. The third-order valence-corrected chi connectivity index (χ3v) is 6.94. The van der Waals surface area contributed by atoms with Crippen molar-refractivity contribution in [2.24, 2.45) is 0 Å². The van der Waals surface area contributed by atoms with Crippen LogP contribution in [-0.4, -0.2) is 0 Å². The van der Waals surface area contributed by atoms with E-state index in [1.54, 1.807) is 0 Å². The Morgan fingerprint density at radius 3 is 2.32 bits per heavy atom. The summed E-state index contributed by atoms with van der Waals surface area (Å²) < 4.78 is 12.4. The minimum atomic E-state index is -0.319. The van der Waals surface area contributed by atoms with Crippen LogP contribution in [0.3, 0.4) is 0 Å². The largest absolute Gasteiger partial charge is 0.456 e. The maximum Gasteiger partial charge on any atom is 0.344 e. The first-order valence-corrected chi connectivity index (χ1v) is 11.9. The lowest BCUT2D eigenvalue weighted by Gasteiger charge is -2.34. The molecule has 2 heterocycles. The highest BCUT2D eigenvalue weighted by molar-refractivity contribution is 5.86. The van der Waals surface area contributed by atoms with E-state index in [9.17, 15) is 4.79 Å². The van der Waals surface area contributed by atoms with Gasteiger partial charge in [-0.1, -0.05) is 71.8 Å². The molecular weight excluding hydrogens is 420 g/mol. The average molecular weight is 447 g/mol. The molecule has 3 nitrogen and oxygen atoms in total. The average Bonchev–Trinajstić information content (AvgIpc) is 2.85. The maximum atomic E-state index is 13.3. The molecule has 1 aliphatic heterocycles. The fraction of sp³-hybridized carbons (Fsp3) is 0.194. The fourth-order valence-electron chi connectivity index (χ4n) is 5.21. The number of allylic oxidation sites excluding steroid dienone is 2. The molecule has 1 atom stereocenters. The predicted octanol–water partition coefficient (Wildman–Crippen LogP) is 7.46. The summed E-state index contributed by atoms with van der Waals surface area (Å²) in [5, 5.41) is 0.834. The summed E-state index contributed by atoms with van der Waals surface area (Å²) in [4.78, 5) is 13.3. The topological polar surface area (TPSA) is 39.4 Å². The van der Waals surface area contributed by atoms with Gasteiger partial charge in [0.15, 0.2) is 0 Å². The van der Waals surface area contributed by atoms with E-state index >= 15 is 0 Å². The third-order valence-electron chi connectivity index (χ3n) is 6.94. The van der Waals surface area contributed by atoms with Gasteiger partial charge in [-0.3, -0.25) is 0 Å². The Hall–Kier alpha value is -3.85. The number of fused-ring (bicyclic) bond motifs is 3. The first-order chi connectivity index (χ1) is 16.6. The molecule has 4 aromatic rings. The van der Waals surface area contributed by atoms with Crippen LogP contribution in [0, 0.1) is 13.8 Å². The summed E-state index contributed by atoms with van der Waals surface area (Å²) in [6, 6.07) is 24.7. The summed E-state index contributed by atoms with van der Waals surface area (Å²) in [6.45, 7) is 4.18. The predicted molar refractivity (Wildman–Crippen MR) is 136 cm³/mol. The Morgan fingerprint density at radius 1 is 0.853 bits per heavy atom. The molecule has 34 heavy (non-hydrogen) atoms. The molecular formula is C31H26O3. The quantitative estimate of drug-likeness (QED) is 0.300. The van der Waals surface area contributed by atoms with Crippen molar-refractivity contribution in [1.29, 1.82) is 0 Å². The van der Waals surface area contributed by atoms with Crippen molar-refractivity contribution < 1.29 is 9.15 Å². The smallest absolute Gasteiger partial charge is 0.344 e. The van der Waals surface area contributed by atoms with Crippen molar-refractivity contribution >= 4 is 17.0 Å². The maximum absolute atomic E-state index is 13.3. The van der Waals surface area contributed by atoms with Crippen LogP contribution in [0.5, 0.6) is 5.75 Å². The van der Waals surface area contributed by atoms with Gasteiger partial charge in [0.05, 0.1) is 10.9 Å². The molecule has 1 unspecified atom stereocenters. The van der Waals surface area contributed by atoms with Crippen LogP contribution in [-0.2, 0) is 0 Å². The van der Waals surface area contributed by atoms with Gasteiger partial charge in [-0.15, -0.1) is 0 Å². The minimum Gasteiger partial charge on any atom is -0.456 e. The minimum absolute atomic E-state index is 0.179. The number of para-hydroxylation sites is 1. The van der Waals surface area contributed by atoms with Crippen molar-refractivity contribution in [1.82, 2.24) is 0 Å². The zero-order chi connectivity index (χ0) is 23.2. The van der Waals surface area contributed by atoms with Crippen LogP contribution in [0.25, 0.3) is 17.0 Å². The van der Waals surface area contributed by atoms with E-state index in [1.807, 2.05) is 24.3 Å². The van der Waals surface area contributed by atoms with Crippen molar-refractivity contribution in [3.05, 3.63) is 128 Å². The van der Waals surface area contributed by atoms with Gasteiger partial charge < -0.3 is 9.15 Å². The zero-order valence-electron chi connectivity index (χ0n) is 19.4. The Morgan fingerprint density at radius 2 is 1.56 bits per heavy atom. The normalized spacial score (nSPS) is 18.5. The lowest BCUT2D eigenvalue weighted by Crippen LogP contribution is -2.26. The third kappa shape index (κ3) is 3.49. The second-order valence-electron chi connectivity index (χ2n) is 9.36. The molecule has 0 spiro atoms. The van der Waals surface area contributed by atoms with Crippen LogP contribution in [0.2, 0.25) is 0 Å². The van der Waals surface area contributed by atoms with E-state index < -0.39 is 0 Å². The van der Waals surface area contributed by atoms with Gasteiger partial charge in [0.25, 0.3) is 0 Å². The highest BCUT2D eigenvalue weighted by atomic mass is 16.5. The van der Waals surface area contributed by atoms with E-state index in [2.05, 4.69) is 68.5 Å². The molecule has 1 aliphatic carbocycles. The second kappa shape index (κ2) is 8.18. The molecule has 0 saturated carbocycles. The molecule has 2 aliphatic rings. The molecule has 168 valence electrons. The summed E-state index contributed by atoms with van der Waals surface area (Å²) in [5.41, 5.74) is 7.89. The summed E-state index contributed by atoms with van der Waals surface area (Å²) in [5.74, 6) is 1.37. The number of hydrogen-bond acceptors (Lipinski definition) is 3. The van der Waals surface area contributed by atoms with Gasteiger partial charge in [-0.2, -0.15) is 0 Å². The molecule has 0 amide bonds. The molecule has 0 N–H and O–H groups in total. The van der Waals surface area contributed by atoms with Gasteiger partial charge in [0.1, 0.15) is 17.1 Å². The highest BCUT2D eigenvalue weighted by Gasteiger charge is 2.37. The summed E-state index contributed by atoms with van der Waals surface area (Å²) in [7, 11) is 0. The van der Waals surface area contributed by atoms with Crippen LogP contribution in [0.1, 0.15) is 53.0 Å². The lowest BCUT2D eigenvalue weighted by molar-refractivity contribution is 0.381. The SMILES string of the molecule is Cc1ccc(C=C2CCCC3=C2Oc2c(c(=O)oc4ccccc24)C3c2ccc(C)cc2)cc1. The van der Waals surface area contributed by atoms with E-state index in [4.69, 9.17) is 9.15 Å². The van der Waals surface area contributed by atoms with Crippen molar-refractivity contribution in [2.75, 3.05) is 0 Å². The van der Waals surface area contributed by atoms with Gasteiger partial charge in [-0.05, 0) is 73.6 Å². The lowest BCUT2D eigenvalue weighted by atomic mass is 9.76. The van der Waals surface area contributed by atoms with E-state index in [1.165, 1.54) is 22.3 Å². The van der Waals surface area contributed by atoms with Gasteiger partial charge in [0, 0.05) is 5.92 Å². The Balaban J connectivity index is 1.61. The number of hydrogen-bond donors (Lipinski definition) is 0. The van der Waals surface area contributed by atoms with E-state index in [0.29, 0.717) is 16.9 Å². The molecule has 3 heteroatoms. The summed E-state index contributed by atoms with van der Waals surface area (Å²) >= 11 is 0. The Labute approximate surface area is 199 Å². The fourth-order valence-corrected chi connectivity index (χ4v) is 5.21. The van der Waals surface area contributed by atoms with Crippen molar-refractivity contribution in [2.45, 2.75) is 39.0 Å². The van der Waals surface area contributed by atoms with Gasteiger partial charge in [-0.25, -0.2) is 4.79 Å². The van der Waals surface area contributed by atoms with Crippen LogP contribution >= 0.6 is 0 Å². The molecule has 3 aromatic carbocycles. The summed E-state index contributed by atoms with van der Waals surface area (Å²) in [6.07, 6.45) is 5.10. The van der Waals surface area contributed by atoms with Gasteiger partial charge in [0.2, 0.25) is 0 Å². The Kier molecular flexibility index (Phi) is 4.99. The van der Waals surface area contributed by atoms with Crippen molar-refractivity contribution in [3.63, 3.8) is 0 Å². The monoisotopic (exact) mass is 446 g/mol. The van der Waals surface area contributed by atoms with E-state index in [-0.39, 0.29) is 11.5 Å². The standard InChI is InChI=1S/C31H26O3/c1-19-10-14-21(15-11-19)18-23-6-5-8-25-27(22-16-12-20(2)13-17-22)28-30(34-29(23)25)24-7-3-4-9-26(24)33-31(28)32/h3-4,7,9-18,27H,5-6,8H2,1-2H3. The van der Waals surface area contributed by atoms with Crippen molar-refractivity contribution in [3.8, 4) is 5.75 Å².